The Morgan fingerprint density at radius 2 is 2.33 bits per heavy atom. The number of nitrogens with zero attached hydrogens (tertiary/aromatic N) is 3. The Morgan fingerprint density at radius 3 is 3.08 bits per heavy atom. The van der Waals surface area contributed by atoms with Crippen LogP contribution in [-0.4, -0.2) is 20.4 Å². The van der Waals surface area contributed by atoms with Crippen LogP contribution >= 0.6 is 0 Å². The lowest BCUT2D eigenvalue weighted by atomic mass is 10.3. The van der Waals surface area contributed by atoms with Gasteiger partial charge in [0.05, 0.1) is 6.20 Å². The Labute approximate surface area is 68.8 Å². The molecule has 60 valence electrons. The zero-order chi connectivity index (χ0) is 8.55. The van der Waals surface area contributed by atoms with E-state index in [0.717, 1.165) is 0 Å². The van der Waals surface area contributed by atoms with Gasteiger partial charge in [-0.3, -0.25) is 4.79 Å². The maximum absolute atomic E-state index is 10.9. The summed E-state index contributed by atoms with van der Waals surface area (Å²) >= 11 is 0. The molecule has 4 heteroatoms. The lowest BCUT2D eigenvalue weighted by Crippen LogP contribution is -1.99. The van der Waals surface area contributed by atoms with Gasteiger partial charge >= 0.3 is 0 Å². The number of aromatic nitrogens is 3. The molecule has 0 aliphatic heterocycles. The average Bonchev–Trinajstić information content (AvgIpc) is 2.49. The Hall–Kier alpha value is -1.71. The van der Waals surface area contributed by atoms with Gasteiger partial charge in [0.15, 0.2) is 11.4 Å². The van der Waals surface area contributed by atoms with Gasteiger partial charge in [0.2, 0.25) is 0 Å². The van der Waals surface area contributed by atoms with Gasteiger partial charge < -0.3 is 0 Å². The zero-order valence-electron chi connectivity index (χ0n) is 6.56. The van der Waals surface area contributed by atoms with Crippen LogP contribution in [0.25, 0.3) is 5.65 Å². The summed E-state index contributed by atoms with van der Waals surface area (Å²) in [6.45, 7) is 1.50. The van der Waals surface area contributed by atoms with E-state index in [-0.39, 0.29) is 5.78 Å². The van der Waals surface area contributed by atoms with Gasteiger partial charge in [0, 0.05) is 19.2 Å². The number of carbonyl (C=O) groups is 1. The van der Waals surface area contributed by atoms with Crippen LogP contribution in [0.15, 0.2) is 24.5 Å². The van der Waals surface area contributed by atoms with E-state index < -0.39 is 0 Å². The van der Waals surface area contributed by atoms with Gasteiger partial charge in [0.25, 0.3) is 0 Å². The highest BCUT2D eigenvalue weighted by Crippen LogP contribution is 2.00. The van der Waals surface area contributed by atoms with E-state index in [1.807, 2.05) is 0 Å². The Kier molecular flexibility index (Phi) is 1.40. The first-order chi connectivity index (χ1) is 5.77. The molecule has 0 N–H and O–H groups in total. The van der Waals surface area contributed by atoms with Crippen LogP contribution in [0.5, 0.6) is 0 Å². The Morgan fingerprint density at radius 1 is 1.50 bits per heavy atom. The van der Waals surface area contributed by atoms with Crippen LogP contribution in [-0.2, 0) is 0 Å². The molecule has 2 heterocycles. The summed E-state index contributed by atoms with van der Waals surface area (Å²) in [6.07, 6.45) is 3.37. The third-order valence-corrected chi connectivity index (χ3v) is 1.62. The summed E-state index contributed by atoms with van der Waals surface area (Å²) < 4.78 is 1.62. The topological polar surface area (TPSA) is 47.3 Å². The predicted octanol–water partition coefficient (Wildman–Crippen LogP) is 0.932. The summed E-state index contributed by atoms with van der Waals surface area (Å²) in [5, 5.41) is 3.96. The van der Waals surface area contributed by atoms with Crippen LogP contribution in [0.3, 0.4) is 0 Å². The summed E-state index contributed by atoms with van der Waals surface area (Å²) in [7, 11) is 0. The van der Waals surface area contributed by atoms with E-state index in [1.54, 1.807) is 29.0 Å². The van der Waals surface area contributed by atoms with Gasteiger partial charge in [-0.2, -0.15) is 5.10 Å². The van der Waals surface area contributed by atoms with Crippen LogP contribution in [0.4, 0.5) is 0 Å². The fourth-order valence-electron chi connectivity index (χ4n) is 1.01. The third kappa shape index (κ3) is 0.972. The van der Waals surface area contributed by atoms with Crippen molar-refractivity contribution < 1.29 is 4.79 Å². The van der Waals surface area contributed by atoms with Crippen molar-refractivity contribution in [3.63, 3.8) is 0 Å². The summed E-state index contributed by atoms with van der Waals surface area (Å²) in [5.74, 6) is -0.0290. The van der Waals surface area contributed by atoms with Crippen molar-refractivity contribution in [3.05, 3.63) is 30.2 Å². The minimum Gasteiger partial charge on any atom is -0.293 e. The zero-order valence-corrected chi connectivity index (χ0v) is 6.56. The molecule has 0 saturated heterocycles. The van der Waals surface area contributed by atoms with E-state index >= 15 is 0 Å². The number of hydrogen-bond acceptors (Lipinski definition) is 3. The van der Waals surface area contributed by atoms with Crippen LogP contribution in [0.1, 0.15) is 17.4 Å². The SMILES string of the molecule is CC(=O)c1ccn2nccc2n1. The number of carbonyl (C=O) groups excluding carboxylic acids is 1. The summed E-state index contributed by atoms with van der Waals surface area (Å²) in [4.78, 5) is 15.0. The van der Waals surface area contributed by atoms with Crippen molar-refractivity contribution in [1.29, 1.82) is 0 Å². The molecule has 4 nitrogen and oxygen atoms in total. The molecule has 0 radical (unpaired) electrons. The van der Waals surface area contributed by atoms with Crippen molar-refractivity contribution in [2.45, 2.75) is 6.92 Å². The van der Waals surface area contributed by atoms with Crippen molar-refractivity contribution in [1.82, 2.24) is 14.6 Å². The fourth-order valence-corrected chi connectivity index (χ4v) is 1.01. The molecule has 0 aliphatic carbocycles. The molecule has 0 unspecified atom stereocenters. The molecule has 2 rings (SSSR count). The monoisotopic (exact) mass is 161 g/mol. The molecular weight excluding hydrogens is 154 g/mol. The minimum atomic E-state index is -0.0290. The van der Waals surface area contributed by atoms with E-state index in [9.17, 15) is 4.79 Å². The van der Waals surface area contributed by atoms with Crippen LogP contribution in [0.2, 0.25) is 0 Å². The highest BCUT2D eigenvalue weighted by Gasteiger charge is 2.01. The van der Waals surface area contributed by atoms with Crippen molar-refractivity contribution in [3.8, 4) is 0 Å². The molecule has 0 atom stereocenters. The Bertz CT molecular complexity index is 433. The molecule has 0 fully saturated rings. The number of Topliss-reactive ketones (excluding diaryl/α,β-unsaturated/α-hetero) is 1. The second-order valence-electron chi connectivity index (χ2n) is 2.50. The molecule has 0 aromatic carbocycles. The van der Waals surface area contributed by atoms with Crippen molar-refractivity contribution in [2.75, 3.05) is 0 Å². The van der Waals surface area contributed by atoms with E-state index in [1.165, 1.54) is 6.92 Å². The molecule has 0 amide bonds. The van der Waals surface area contributed by atoms with Gasteiger partial charge in [-0.15, -0.1) is 0 Å². The number of hydrogen-bond donors (Lipinski definition) is 0. The van der Waals surface area contributed by atoms with E-state index in [2.05, 4.69) is 10.1 Å². The van der Waals surface area contributed by atoms with Crippen molar-refractivity contribution >= 4 is 11.4 Å². The fraction of sp³-hybridized carbons (Fsp3) is 0.125. The lowest BCUT2D eigenvalue weighted by Gasteiger charge is -1.94. The standard InChI is InChI=1S/C8H7N3O/c1-6(12)7-3-5-11-8(10-7)2-4-9-11/h2-5H,1H3. The minimum absolute atomic E-state index is 0.0290. The largest absolute Gasteiger partial charge is 0.293 e. The molecule has 0 spiro atoms. The maximum atomic E-state index is 10.9. The van der Waals surface area contributed by atoms with Crippen LogP contribution < -0.4 is 0 Å². The Balaban J connectivity index is 2.68. The number of rotatable bonds is 1. The van der Waals surface area contributed by atoms with E-state index in [0.29, 0.717) is 11.3 Å². The van der Waals surface area contributed by atoms with Gasteiger partial charge in [-0.1, -0.05) is 0 Å². The molecule has 12 heavy (non-hydrogen) atoms. The highest BCUT2D eigenvalue weighted by molar-refractivity contribution is 5.92. The summed E-state index contributed by atoms with van der Waals surface area (Å²) in [6, 6.07) is 3.41. The predicted molar refractivity (Wildman–Crippen MR) is 43.0 cm³/mol. The normalized spacial score (nSPS) is 10.4. The highest BCUT2D eigenvalue weighted by atomic mass is 16.1. The van der Waals surface area contributed by atoms with Gasteiger partial charge in [0.1, 0.15) is 5.69 Å². The summed E-state index contributed by atoms with van der Waals surface area (Å²) in [5.41, 5.74) is 1.17. The van der Waals surface area contributed by atoms with Gasteiger partial charge in [-0.05, 0) is 6.07 Å². The first-order valence-corrected chi connectivity index (χ1v) is 3.59. The molecule has 0 aliphatic rings. The second kappa shape index (κ2) is 2.41. The van der Waals surface area contributed by atoms with Crippen LogP contribution in [0, 0.1) is 0 Å². The average molecular weight is 161 g/mol. The van der Waals surface area contributed by atoms with Gasteiger partial charge in [-0.25, -0.2) is 9.50 Å². The number of fused-ring (bicyclic) bond motifs is 1. The quantitative estimate of drug-likeness (QED) is 0.584. The number of ketones is 1. The molecule has 0 saturated carbocycles. The third-order valence-electron chi connectivity index (χ3n) is 1.62. The van der Waals surface area contributed by atoms with Crippen molar-refractivity contribution in [2.24, 2.45) is 0 Å². The second-order valence-corrected chi connectivity index (χ2v) is 2.50. The smallest absolute Gasteiger partial charge is 0.178 e. The molecular formula is C8H7N3O. The molecule has 2 aromatic rings. The molecule has 2 aromatic heterocycles. The lowest BCUT2D eigenvalue weighted by molar-refractivity contribution is 0.101. The first-order valence-electron chi connectivity index (χ1n) is 3.59. The van der Waals surface area contributed by atoms with E-state index in [4.69, 9.17) is 0 Å². The first kappa shape index (κ1) is 6.97. The maximum Gasteiger partial charge on any atom is 0.178 e. The molecule has 0 bridgehead atoms.